The maximum absolute atomic E-state index is 12.1. The van der Waals surface area contributed by atoms with Crippen molar-refractivity contribution < 1.29 is 4.74 Å². The van der Waals surface area contributed by atoms with E-state index in [0.29, 0.717) is 11.3 Å². The highest BCUT2D eigenvalue weighted by Gasteiger charge is 2.23. The fourth-order valence-corrected chi connectivity index (χ4v) is 3.85. The SMILES string of the molecule is CC(C)Oc1c(I)cc(Br)cc1-c1c(C#N)c(N)[nH]c(=O)c1C#N. The molecule has 24 heavy (non-hydrogen) atoms. The number of H-pyrrole nitrogens is 1. The number of rotatable bonds is 3. The van der Waals surface area contributed by atoms with Crippen LogP contribution in [0.4, 0.5) is 5.82 Å². The van der Waals surface area contributed by atoms with Crippen LogP contribution >= 0.6 is 38.5 Å². The van der Waals surface area contributed by atoms with Gasteiger partial charge in [-0.3, -0.25) is 4.79 Å². The number of nitrogens with two attached hydrogens (primary N) is 1. The van der Waals surface area contributed by atoms with Crippen LogP contribution in [0.5, 0.6) is 5.75 Å². The average molecular weight is 499 g/mol. The molecule has 8 heteroatoms. The van der Waals surface area contributed by atoms with Crippen LogP contribution in [0.1, 0.15) is 25.0 Å². The minimum Gasteiger partial charge on any atom is -0.489 e. The minimum absolute atomic E-state index is 0.0358. The molecule has 0 aliphatic heterocycles. The van der Waals surface area contributed by atoms with E-state index in [4.69, 9.17) is 10.5 Å². The number of halogens is 2. The molecule has 2 rings (SSSR count). The van der Waals surface area contributed by atoms with Crippen molar-refractivity contribution in [3.8, 4) is 29.0 Å². The van der Waals surface area contributed by atoms with Gasteiger partial charge < -0.3 is 15.5 Å². The number of aromatic amines is 1. The summed E-state index contributed by atoms with van der Waals surface area (Å²) < 4.78 is 7.37. The fraction of sp³-hybridized carbons (Fsp3) is 0.188. The molecule has 0 bridgehead atoms. The van der Waals surface area contributed by atoms with Crippen LogP contribution in [0.3, 0.4) is 0 Å². The summed E-state index contributed by atoms with van der Waals surface area (Å²) in [4.78, 5) is 14.4. The van der Waals surface area contributed by atoms with Crippen molar-refractivity contribution in [2.24, 2.45) is 0 Å². The fourth-order valence-electron chi connectivity index (χ4n) is 2.21. The zero-order valence-electron chi connectivity index (χ0n) is 12.8. The number of nitriles is 2. The first kappa shape index (κ1) is 18.3. The Hall–Kier alpha value is -2.04. The molecule has 3 N–H and O–H groups in total. The van der Waals surface area contributed by atoms with E-state index in [1.54, 1.807) is 6.07 Å². The van der Waals surface area contributed by atoms with E-state index < -0.39 is 5.56 Å². The second kappa shape index (κ2) is 7.24. The Kier molecular flexibility index (Phi) is 5.52. The van der Waals surface area contributed by atoms with Crippen LogP contribution in [-0.2, 0) is 0 Å². The second-order valence-corrected chi connectivity index (χ2v) is 7.23. The van der Waals surface area contributed by atoms with E-state index in [1.807, 2.05) is 32.1 Å². The molecule has 1 aromatic heterocycles. The highest BCUT2D eigenvalue weighted by Crippen LogP contribution is 2.40. The Morgan fingerprint density at radius 3 is 2.46 bits per heavy atom. The molecule has 0 radical (unpaired) electrons. The van der Waals surface area contributed by atoms with Crippen LogP contribution in [0.25, 0.3) is 11.1 Å². The highest BCUT2D eigenvalue weighted by atomic mass is 127. The molecule has 0 aliphatic rings. The number of hydrogen-bond donors (Lipinski definition) is 2. The van der Waals surface area contributed by atoms with Crippen LogP contribution in [-0.4, -0.2) is 11.1 Å². The van der Waals surface area contributed by atoms with Crippen molar-refractivity contribution in [2.45, 2.75) is 20.0 Å². The average Bonchev–Trinajstić information content (AvgIpc) is 2.48. The number of anilines is 1. The maximum atomic E-state index is 12.1. The predicted molar refractivity (Wildman–Crippen MR) is 103 cm³/mol. The zero-order valence-corrected chi connectivity index (χ0v) is 16.5. The summed E-state index contributed by atoms with van der Waals surface area (Å²) in [6.45, 7) is 3.73. The molecule has 0 aliphatic carbocycles. The molecule has 0 atom stereocenters. The second-order valence-electron chi connectivity index (χ2n) is 5.15. The monoisotopic (exact) mass is 498 g/mol. The van der Waals surface area contributed by atoms with Gasteiger partial charge in [-0.05, 0) is 48.6 Å². The lowest BCUT2D eigenvalue weighted by atomic mass is 9.96. The van der Waals surface area contributed by atoms with Gasteiger partial charge in [0.25, 0.3) is 5.56 Å². The molecule has 0 spiro atoms. The first-order chi connectivity index (χ1) is 11.3. The summed E-state index contributed by atoms with van der Waals surface area (Å²) in [7, 11) is 0. The molecular formula is C16H12BrIN4O2. The number of nitrogens with zero attached hydrogens (tertiary/aromatic N) is 2. The zero-order chi connectivity index (χ0) is 18.0. The summed E-state index contributed by atoms with van der Waals surface area (Å²) in [5, 5.41) is 18.9. The molecule has 0 saturated heterocycles. The lowest BCUT2D eigenvalue weighted by molar-refractivity contribution is 0.241. The van der Waals surface area contributed by atoms with E-state index in [-0.39, 0.29) is 28.6 Å². The number of nitrogen functional groups attached to an aromatic ring is 1. The van der Waals surface area contributed by atoms with Crippen molar-refractivity contribution in [1.29, 1.82) is 10.5 Å². The predicted octanol–water partition coefficient (Wildman–Crippen LogP) is 3.52. The van der Waals surface area contributed by atoms with E-state index in [9.17, 15) is 15.3 Å². The topological polar surface area (TPSA) is 116 Å². The number of nitrogens with one attached hydrogen (secondary N) is 1. The number of ether oxygens (including phenoxy) is 1. The largest absolute Gasteiger partial charge is 0.489 e. The van der Waals surface area contributed by atoms with Crippen molar-refractivity contribution in [3.05, 3.63) is 41.7 Å². The Labute approximate surface area is 160 Å². The van der Waals surface area contributed by atoms with Gasteiger partial charge in [0.2, 0.25) is 0 Å². The molecule has 6 nitrogen and oxygen atoms in total. The molecule has 0 fully saturated rings. The Bertz CT molecular complexity index is 955. The third-order valence-corrected chi connectivity index (χ3v) is 4.36. The van der Waals surface area contributed by atoms with E-state index in [0.717, 1.165) is 8.04 Å². The minimum atomic E-state index is -0.644. The molecule has 2 aromatic rings. The molecule has 122 valence electrons. The molecule has 0 amide bonds. The van der Waals surface area contributed by atoms with Gasteiger partial charge in [0.1, 0.15) is 34.8 Å². The third kappa shape index (κ3) is 3.40. The molecular weight excluding hydrogens is 487 g/mol. The molecule has 0 saturated carbocycles. The van der Waals surface area contributed by atoms with Gasteiger partial charge in [-0.25, -0.2) is 0 Å². The van der Waals surface area contributed by atoms with Gasteiger partial charge in [-0.15, -0.1) is 0 Å². The Balaban J connectivity index is 3.00. The van der Waals surface area contributed by atoms with E-state index >= 15 is 0 Å². The summed E-state index contributed by atoms with van der Waals surface area (Å²) in [5.41, 5.74) is 5.64. The van der Waals surface area contributed by atoms with Gasteiger partial charge in [0.15, 0.2) is 0 Å². The normalized spacial score (nSPS) is 10.3. The van der Waals surface area contributed by atoms with Crippen molar-refractivity contribution in [3.63, 3.8) is 0 Å². The quantitative estimate of drug-likeness (QED) is 0.628. The number of pyridine rings is 1. The van der Waals surface area contributed by atoms with Crippen molar-refractivity contribution in [2.75, 3.05) is 5.73 Å². The maximum Gasteiger partial charge on any atom is 0.268 e. The summed E-state index contributed by atoms with van der Waals surface area (Å²) >= 11 is 5.50. The van der Waals surface area contributed by atoms with Gasteiger partial charge in [0.05, 0.1) is 9.67 Å². The van der Waals surface area contributed by atoms with Crippen molar-refractivity contribution >= 4 is 44.3 Å². The smallest absolute Gasteiger partial charge is 0.268 e. The number of benzene rings is 1. The highest BCUT2D eigenvalue weighted by molar-refractivity contribution is 14.1. The van der Waals surface area contributed by atoms with Crippen LogP contribution < -0.4 is 16.0 Å². The lowest BCUT2D eigenvalue weighted by Crippen LogP contribution is -2.17. The number of hydrogen-bond acceptors (Lipinski definition) is 5. The van der Waals surface area contributed by atoms with Gasteiger partial charge in [-0.2, -0.15) is 10.5 Å². The number of aromatic nitrogens is 1. The standard InChI is InChI=1S/C16H12BrIN4O2/c1-7(2)24-14-9(3-8(17)4-12(14)18)13-10(5-19)15(21)22-16(23)11(13)6-20/h3-4,7H,1-2H3,(H3,21,22,23). The van der Waals surface area contributed by atoms with Crippen LogP contribution in [0.15, 0.2) is 21.4 Å². The van der Waals surface area contributed by atoms with E-state index in [2.05, 4.69) is 43.5 Å². The molecule has 1 aromatic carbocycles. The third-order valence-electron chi connectivity index (χ3n) is 3.10. The van der Waals surface area contributed by atoms with Crippen molar-refractivity contribution in [1.82, 2.24) is 4.98 Å². The summed E-state index contributed by atoms with van der Waals surface area (Å²) in [6, 6.07) is 7.37. The van der Waals surface area contributed by atoms with E-state index in [1.165, 1.54) is 0 Å². The summed E-state index contributed by atoms with van der Waals surface area (Å²) in [6.07, 6.45) is -0.131. The Morgan fingerprint density at radius 1 is 1.29 bits per heavy atom. The van der Waals surface area contributed by atoms with Crippen LogP contribution in [0, 0.1) is 26.2 Å². The molecule has 0 unspecified atom stereocenters. The van der Waals surface area contributed by atoms with Crippen LogP contribution in [0.2, 0.25) is 0 Å². The van der Waals surface area contributed by atoms with Gasteiger partial charge >= 0.3 is 0 Å². The Morgan fingerprint density at radius 2 is 1.92 bits per heavy atom. The first-order valence-electron chi connectivity index (χ1n) is 6.82. The van der Waals surface area contributed by atoms with Gasteiger partial charge in [-0.1, -0.05) is 15.9 Å². The molecule has 1 heterocycles. The van der Waals surface area contributed by atoms with Gasteiger partial charge in [0, 0.05) is 15.6 Å². The first-order valence-corrected chi connectivity index (χ1v) is 8.69. The summed E-state index contributed by atoms with van der Waals surface area (Å²) in [5.74, 6) is 0.411. The lowest BCUT2D eigenvalue weighted by Gasteiger charge is -2.18.